The lowest BCUT2D eigenvalue weighted by Gasteiger charge is -2.24. The maximum atomic E-state index is 13.0. The molecule has 34 heavy (non-hydrogen) atoms. The number of nitrogens with zero attached hydrogens (tertiary/aromatic N) is 1. The largest absolute Gasteiger partial charge is 0.399 e. The predicted octanol–water partition coefficient (Wildman–Crippen LogP) is 5.26. The Bertz CT molecular complexity index is 1330. The summed E-state index contributed by atoms with van der Waals surface area (Å²) in [7, 11) is 0. The van der Waals surface area contributed by atoms with Crippen molar-refractivity contribution in [3.63, 3.8) is 0 Å². The highest BCUT2D eigenvalue weighted by Gasteiger charge is 2.33. The Kier molecular flexibility index (Phi) is 6.00. The maximum Gasteiger partial charge on any atom is 0.247 e. The zero-order valence-corrected chi connectivity index (χ0v) is 18.9. The monoisotopic (exact) mass is 449 g/mol. The summed E-state index contributed by atoms with van der Waals surface area (Å²) in [4.78, 5) is 27.6. The van der Waals surface area contributed by atoms with Crippen LogP contribution < -0.4 is 11.1 Å². The fourth-order valence-corrected chi connectivity index (χ4v) is 4.63. The molecule has 4 aromatic rings. The minimum Gasteiger partial charge on any atom is -0.399 e. The molecule has 0 spiro atoms. The maximum absolute atomic E-state index is 13.0. The van der Waals surface area contributed by atoms with Gasteiger partial charge in [0.05, 0.1) is 6.42 Å². The molecule has 1 aliphatic heterocycles. The van der Waals surface area contributed by atoms with E-state index in [1.54, 1.807) is 4.90 Å². The van der Waals surface area contributed by atoms with Gasteiger partial charge in [-0.15, -0.1) is 0 Å². The number of anilines is 2. The molecule has 0 saturated carbocycles. The van der Waals surface area contributed by atoms with Crippen LogP contribution in [0.1, 0.15) is 18.4 Å². The van der Waals surface area contributed by atoms with E-state index in [2.05, 4.69) is 23.5 Å². The molecule has 1 heterocycles. The Morgan fingerprint density at radius 3 is 2.35 bits per heavy atom. The first kappa shape index (κ1) is 21.7. The first-order chi connectivity index (χ1) is 16.6. The molecular weight excluding hydrogens is 422 g/mol. The molecule has 5 heteroatoms. The van der Waals surface area contributed by atoms with Crippen molar-refractivity contribution < 1.29 is 9.59 Å². The number of carbonyl (C=O) groups excluding carboxylic acids is 2. The number of nitrogens with two attached hydrogens (primary N) is 1. The molecule has 1 aliphatic rings. The molecule has 1 fully saturated rings. The highest BCUT2D eigenvalue weighted by Crippen LogP contribution is 2.27. The van der Waals surface area contributed by atoms with Gasteiger partial charge in [0.1, 0.15) is 6.04 Å². The SMILES string of the molecule is Nc1ccc2cc(-c3ccc(NC(=O)C4CCCN4C(=O)Cc4ccccc4)cc3)ccc2c1. The van der Waals surface area contributed by atoms with Gasteiger partial charge in [-0.05, 0) is 70.6 Å². The molecular formula is C29H27N3O2. The summed E-state index contributed by atoms with van der Waals surface area (Å²) in [6.45, 7) is 0.621. The van der Waals surface area contributed by atoms with Crippen LogP contribution in [-0.4, -0.2) is 29.3 Å². The van der Waals surface area contributed by atoms with Crippen molar-refractivity contribution >= 4 is 34.0 Å². The molecule has 0 radical (unpaired) electrons. The van der Waals surface area contributed by atoms with Crippen LogP contribution in [0.25, 0.3) is 21.9 Å². The molecule has 1 saturated heterocycles. The Labute approximate surface area is 199 Å². The summed E-state index contributed by atoms with van der Waals surface area (Å²) in [5.74, 6) is -0.132. The van der Waals surface area contributed by atoms with E-state index in [4.69, 9.17) is 5.73 Å². The summed E-state index contributed by atoms with van der Waals surface area (Å²) in [6, 6.07) is 29.2. The van der Waals surface area contributed by atoms with Crippen LogP contribution >= 0.6 is 0 Å². The Morgan fingerprint density at radius 2 is 1.56 bits per heavy atom. The van der Waals surface area contributed by atoms with Gasteiger partial charge in [-0.1, -0.05) is 60.7 Å². The van der Waals surface area contributed by atoms with Gasteiger partial charge in [0, 0.05) is 17.9 Å². The van der Waals surface area contributed by atoms with Crippen LogP contribution in [0.2, 0.25) is 0 Å². The number of benzene rings is 4. The topological polar surface area (TPSA) is 75.4 Å². The van der Waals surface area contributed by atoms with Gasteiger partial charge in [-0.25, -0.2) is 0 Å². The predicted molar refractivity (Wildman–Crippen MR) is 137 cm³/mol. The molecule has 170 valence electrons. The summed E-state index contributed by atoms with van der Waals surface area (Å²) in [5, 5.41) is 5.24. The minimum absolute atomic E-state index is 0.00254. The van der Waals surface area contributed by atoms with Crippen molar-refractivity contribution in [1.82, 2.24) is 4.90 Å². The number of hydrogen-bond donors (Lipinski definition) is 2. The van der Waals surface area contributed by atoms with Crippen molar-refractivity contribution in [3.8, 4) is 11.1 Å². The zero-order chi connectivity index (χ0) is 23.5. The number of rotatable bonds is 5. The van der Waals surface area contributed by atoms with Crippen LogP contribution in [0.15, 0.2) is 91.0 Å². The molecule has 5 nitrogen and oxygen atoms in total. The smallest absolute Gasteiger partial charge is 0.247 e. The third kappa shape index (κ3) is 4.64. The number of carbonyl (C=O) groups is 2. The van der Waals surface area contributed by atoms with E-state index in [1.165, 1.54) is 0 Å². The first-order valence-corrected chi connectivity index (χ1v) is 11.6. The van der Waals surface area contributed by atoms with E-state index in [-0.39, 0.29) is 11.8 Å². The first-order valence-electron chi connectivity index (χ1n) is 11.6. The van der Waals surface area contributed by atoms with Crippen molar-refractivity contribution in [2.45, 2.75) is 25.3 Å². The van der Waals surface area contributed by atoms with E-state index >= 15 is 0 Å². The summed E-state index contributed by atoms with van der Waals surface area (Å²) in [6.07, 6.45) is 1.84. The second-order valence-corrected chi connectivity index (χ2v) is 8.80. The van der Waals surface area contributed by atoms with Gasteiger partial charge < -0.3 is 16.0 Å². The van der Waals surface area contributed by atoms with Gasteiger partial charge in [0.2, 0.25) is 11.8 Å². The van der Waals surface area contributed by atoms with Crippen LogP contribution in [0.4, 0.5) is 11.4 Å². The Morgan fingerprint density at radius 1 is 0.853 bits per heavy atom. The number of nitrogen functional groups attached to an aromatic ring is 1. The highest BCUT2D eigenvalue weighted by molar-refractivity contribution is 5.98. The van der Waals surface area contributed by atoms with Gasteiger partial charge in [0.25, 0.3) is 0 Å². The highest BCUT2D eigenvalue weighted by atomic mass is 16.2. The molecule has 0 bridgehead atoms. The van der Waals surface area contributed by atoms with Gasteiger partial charge >= 0.3 is 0 Å². The van der Waals surface area contributed by atoms with Crippen molar-refractivity contribution in [3.05, 3.63) is 96.6 Å². The lowest BCUT2D eigenvalue weighted by Crippen LogP contribution is -2.43. The molecule has 2 amide bonds. The minimum atomic E-state index is -0.427. The average Bonchev–Trinajstić information content (AvgIpc) is 3.35. The van der Waals surface area contributed by atoms with E-state index in [9.17, 15) is 9.59 Å². The number of likely N-dealkylation sites (tertiary alicyclic amines) is 1. The number of nitrogens with one attached hydrogen (secondary N) is 1. The van der Waals surface area contributed by atoms with Crippen molar-refractivity contribution in [2.75, 3.05) is 17.6 Å². The second kappa shape index (κ2) is 9.40. The van der Waals surface area contributed by atoms with Crippen molar-refractivity contribution in [1.29, 1.82) is 0 Å². The van der Waals surface area contributed by atoms with Gasteiger partial charge in [-0.3, -0.25) is 9.59 Å². The van der Waals surface area contributed by atoms with Crippen LogP contribution in [0.3, 0.4) is 0 Å². The van der Waals surface area contributed by atoms with Gasteiger partial charge in [-0.2, -0.15) is 0 Å². The third-order valence-electron chi connectivity index (χ3n) is 6.42. The Balaban J connectivity index is 1.26. The van der Waals surface area contributed by atoms with Gasteiger partial charge in [0.15, 0.2) is 0 Å². The summed E-state index contributed by atoms with van der Waals surface area (Å²) < 4.78 is 0. The average molecular weight is 450 g/mol. The standard InChI is InChI=1S/C29H27N3O2/c30-25-13-10-23-18-22(8-9-24(23)19-25)21-11-14-26(15-12-21)31-29(34)27-7-4-16-32(27)28(33)17-20-5-2-1-3-6-20/h1-3,5-6,8-15,18-19,27H,4,7,16-17,30H2,(H,31,34). The lowest BCUT2D eigenvalue weighted by atomic mass is 10.0. The van der Waals surface area contributed by atoms with E-state index in [0.717, 1.165) is 45.3 Å². The fourth-order valence-electron chi connectivity index (χ4n) is 4.63. The third-order valence-corrected chi connectivity index (χ3v) is 6.42. The summed E-state index contributed by atoms with van der Waals surface area (Å²) >= 11 is 0. The second-order valence-electron chi connectivity index (χ2n) is 8.80. The van der Waals surface area contributed by atoms with Crippen molar-refractivity contribution in [2.24, 2.45) is 0 Å². The fraction of sp³-hybridized carbons (Fsp3) is 0.172. The molecule has 3 N–H and O–H groups in total. The molecule has 0 aromatic heterocycles. The van der Waals surface area contributed by atoms with E-state index in [0.29, 0.717) is 19.4 Å². The number of amides is 2. The Hall–Kier alpha value is -4.12. The number of fused-ring (bicyclic) bond motifs is 1. The normalized spacial score (nSPS) is 15.4. The van der Waals surface area contributed by atoms with Crippen LogP contribution in [0, 0.1) is 0 Å². The quantitative estimate of drug-likeness (QED) is 0.408. The van der Waals surface area contributed by atoms with Crippen LogP contribution in [-0.2, 0) is 16.0 Å². The molecule has 1 atom stereocenters. The molecule has 0 aliphatic carbocycles. The lowest BCUT2D eigenvalue weighted by molar-refractivity contribution is -0.136. The zero-order valence-electron chi connectivity index (χ0n) is 18.9. The van der Waals surface area contributed by atoms with Crippen LogP contribution in [0.5, 0.6) is 0 Å². The number of hydrogen-bond acceptors (Lipinski definition) is 3. The molecule has 4 aromatic carbocycles. The van der Waals surface area contributed by atoms with E-state index < -0.39 is 6.04 Å². The summed E-state index contributed by atoms with van der Waals surface area (Å²) in [5.41, 5.74) is 10.5. The van der Waals surface area contributed by atoms with E-state index in [1.807, 2.05) is 72.8 Å². The molecule has 1 unspecified atom stereocenters. The molecule has 5 rings (SSSR count).